The zero-order valence-electron chi connectivity index (χ0n) is 8.02. The van der Waals surface area contributed by atoms with E-state index in [1.165, 1.54) is 0 Å². The van der Waals surface area contributed by atoms with E-state index in [1.54, 1.807) is 0 Å². The van der Waals surface area contributed by atoms with Gasteiger partial charge in [0.2, 0.25) is 0 Å². The number of hydrogen-bond acceptors (Lipinski definition) is 0. The fraction of sp³-hybridized carbons (Fsp3) is 0.750. The van der Waals surface area contributed by atoms with Gasteiger partial charge in [0.1, 0.15) is 0 Å². The fourth-order valence-corrected chi connectivity index (χ4v) is 0.789. The molecule has 0 atom stereocenters. The second kappa shape index (κ2) is 3.89. The molecule has 0 saturated heterocycles. The van der Waals surface area contributed by atoms with Gasteiger partial charge in [0.15, 0.2) is 0 Å². The Balaban J connectivity index is 5.55. The maximum atomic E-state index is 12.6. The molecule has 16 heavy (non-hydrogen) atoms. The van der Waals surface area contributed by atoms with E-state index >= 15 is 0 Å². The predicted molar refractivity (Wildman–Crippen MR) is 40.3 cm³/mol. The van der Waals surface area contributed by atoms with Crippen molar-refractivity contribution < 1.29 is 35.1 Å². The molecule has 0 unspecified atom stereocenters. The van der Waals surface area contributed by atoms with Crippen LogP contribution in [0.5, 0.6) is 0 Å². The average molecular weight is 256 g/mol. The molecule has 96 valence electrons. The first-order chi connectivity index (χ1) is 6.87. The van der Waals surface area contributed by atoms with Gasteiger partial charge in [0.05, 0.1) is 0 Å². The summed E-state index contributed by atoms with van der Waals surface area (Å²) in [6, 6.07) is 0. The fourth-order valence-electron chi connectivity index (χ4n) is 0.789. The zero-order chi connectivity index (χ0) is 13.4. The van der Waals surface area contributed by atoms with Crippen LogP contribution in [0.1, 0.15) is 13.3 Å². The minimum absolute atomic E-state index is 0.482. The van der Waals surface area contributed by atoms with Crippen molar-refractivity contribution in [1.82, 2.24) is 0 Å². The Bertz CT molecular complexity index is 267. The Morgan fingerprint density at radius 1 is 0.875 bits per heavy atom. The van der Waals surface area contributed by atoms with E-state index in [4.69, 9.17) is 0 Å². The Labute approximate surface area is 85.9 Å². The molecule has 0 heterocycles. The summed E-state index contributed by atoms with van der Waals surface area (Å²) in [6.07, 6.45) is -2.48. The number of alkyl halides is 8. The van der Waals surface area contributed by atoms with E-state index in [1.807, 2.05) is 0 Å². The Morgan fingerprint density at radius 3 is 1.50 bits per heavy atom. The highest BCUT2D eigenvalue weighted by atomic mass is 19.4. The molecule has 0 aromatic carbocycles. The molecule has 8 heteroatoms. The van der Waals surface area contributed by atoms with Gasteiger partial charge in [-0.15, -0.1) is 0 Å². The number of rotatable bonds is 5. The van der Waals surface area contributed by atoms with Crippen molar-refractivity contribution in [2.45, 2.75) is 37.0 Å². The molecular formula is C8H8F8. The number of halogens is 8. The van der Waals surface area contributed by atoms with Crippen molar-refractivity contribution >= 4 is 0 Å². The second-order valence-corrected chi connectivity index (χ2v) is 3.03. The van der Waals surface area contributed by atoms with E-state index in [-0.39, 0.29) is 0 Å². The molecule has 0 aromatic heterocycles. The summed E-state index contributed by atoms with van der Waals surface area (Å²) >= 11 is 0. The highest BCUT2D eigenvalue weighted by Crippen LogP contribution is 2.53. The van der Waals surface area contributed by atoms with Gasteiger partial charge >= 0.3 is 23.7 Å². The van der Waals surface area contributed by atoms with E-state index in [2.05, 4.69) is 6.58 Å². The van der Waals surface area contributed by atoms with E-state index in [0.717, 1.165) is 0 Å². The summed E-state index contributed by atoms with van der Waals surface area (Å²) in [5.74, 6) is -23.0. The Morgan fingerprint density at radius 2 is 1.25 bits per heavy atom. The smallest absolute Gasteiger partial charge is 0.200 e. The van der Waals surface area contributed by atoms with Crippen LogP contribution in [0, 0.1) is 0 Å². The van der Waals surface area contributed by atoms with Crippen LogP contribution < -0.4 is 0 Å². The molecule has 0 fully saturated rings. The molecule has 0 aliphatic rings. The Hall–Kier alpha value is -0.820. The van der Waals surface area contributed by atoms with Crippen molar-refractivity contribution in [3.8, 4) is 0 Å². The summed E-state index contributed by atoms with van der Waals surface area (Å²) < 4.78 is 100. The van der Waals surface area contributed by atoms with Crippen molar-refractivity contribution in [3.05, 3.63) is 12.7 Å². The lowest BCUT2D eigenvalue weighted by Gasteiger charge is -2.35. The van der Waals surface area contributed by atoms with Crippen LogP contribution in [0.15, 0.2) is 12.7 Å². The molecule has 0 N–H and O–H groups in total. The van der Waals surface area contributed by atoms with Gasteiger partial charge in [-0.2, -0.15) is 35.1 Å². The van der Waals surface area contributed by atoms with Crippen LogP contribution in [0.2, 0.25) is 0 Å². The topological polar surface area (TPSA) is 0 Å². The lowest BCUT2D eigenvalue weighted by atomic mass is 9.97. The highest BCUT2D eigenvalue weighted by molar-refractivity contribution is 5.09. The predicted octanol–water partition coefficient (Wildman–Crippen LogP) is 4.12. The summed E-state index contributed by atoms with van der Waals surface area (Å²) in [4.78, 5) is 0. The zero-order valence-corrected chi connectivity index (χ0v) is 8.02. The minimum atomic E-state index is -6.21. The van der Waals surface area contributed by atoms with Gasteiger partial charge < -0.3 is 0 Å². The minimum Gasteiger partial charge on any atom is -0.200 e. The molecule has 0 bridgehead atoms. The average Bonchev–Trinajstić information content (AvgIpc) is 2.16. The summed E-state index contributed by atoms with van der Waals surface area (Å²) in [5.41, 5.74) is 0. The maximum absolute atomic E-state index is 12.6. The first kappa shape index (κ1) is 15.2. The van der Waals surface area contributed by atoms with Crippen LogP contribution in [-0.2, 0) is 0 Å². The van der Waals surface area contributed by atoms with Gasteiger partial charge in [0.25, 0.3) is 0 Å². The third kappa shape index (κ3) is 1.89. The lowest BCUT2D eigenvalue weighted by molar-refractivity contribution is -0.355. The van der Waals surface area contributed by atoms with Gasteiger partial charge in [-0.3, -0.25) is 0 Å². The lowest BCUT2D eigenvalue weighted by Crippen LogP contribution is -2.61. The van der Waals surface area contributed by atoms with Crippen LogP contribution in [0.3, 0.4) is 0 Å². The largest absolute Gasteiger partial charge is 0.381 e. The molecule has 0 aliphatic heterocycles. The Kier molecular flexibility index (Phi) is 3.69. The maximum Gasteiger partial charge on any atom is 0.381 e. The first-order valence-corrected chi connectivity index (χ1v) is 4.02. The molecule has 0 radical (unpaired) electrons. The van der Waals surface area contributed by atoms with Gasteiger partial charge in [-0.1, -0.05) is 13.5 Å². The molecule has 0 spiro atoms. The summed E-state index contributed by atoms with van der Waals surface area (Å²) in [5, 5.41) is 0. The van der Waals surface area contributed by atoms with Gasteiger partial charge in [0, 0.05) is 6.42 Å². The van der Waals surface area contributed by atoms with E-state index in [0.29, 0.717) is 6.92 Å². The van der Waals surface area contributed by atoms with E-state index in [9.17, 15) is 35.1 Å². The van der Waals surface area contributed by atoms with Gasteiger partial charge in [-0.05, 0) is 6.08 Å². The summed E-state index contributed by atoms with van der Waals surface area (Å²) in [6.45, 7) is 2.69. The molecule has 0 aliphatic carbocycles. The summed E-state index contributed by atoms with van der Waals surface area (Å²) in [7, 11) is 0. The molecule has 0 rings (SSSR count). The number of allylic oxidation sites excluding steroid dienone is 1. The monoisotopic (exact) mass is 256 g/mol. The van der Waals surface area contributed by atoms with Crippen LogP contribution in [0.25, 0.3) is 0 Å². The first-order valence-electron chi connectivity index (χ1n) is 4.02. The molecule has 0 nitrogen and oxygen atoms in total. The molecule has 0 saturated carbocycles. The number of hydrogen-bond donors (Lipinski definition) is 0. The van der Waals surface area contributed by atoms with Crippen LogP contribution in [-0.4, -0.2) is 23.7 Å². The third-order valence-electron chi connectivity index (χ3n) is 1.97. The van der Waals surface area contributed by atoms with Gasteiger partial charge in [-0.25, -0.2) is 0 Å². The normalized spacial score (nSPS) is 15.1. The highest BCUT2D eigenvalue weighted by Gasteiger charge is 2.78. The SMILES string of the molecule is C=CC(F)(F)C(F)(F)C(F)(F)C(F)(F)CC. The third-order valence-corrected chi connectivity index (χ3v) is 1.97. The van der Waals surface area contributed by atoms with Crippen molar-refractivity contribution in [2.24, 2.45) is 0 Å². The van der Waals surface area contributed by atoms with Crippen molar-refractivity contribution in [3.63, 3.8) is 0 Å². The molecular weight excluding hydrogens is 248 g/mol. The molecule has 0 amide bonds. The van der Waals surface area contributed by atoms with Crippen LogP contribution in [0.4, 0.5) is 35.1 Å². The van der Waals surface area contributed by atoms with Crippen molar-refractivity contribution in [1.29, 1.82) is 0 Å². The quantitative estimate of drug-likeness (QED) is 0.512. The second-order valence-electron chi connectivity index (χ2n) is 3.03. The molecule has 0 aromatic rings. The van der Waals surface area contributed by atoms with Crippen LogP contribution >= 0.6 is 0 Å². The standard InChI is InChI=1S/C8H8F8/c1-3-5(9,10)7(13,14)8(15,16)6(11,12)4-2/h3H,1,4H2,2H3. The van der Waals surface area contributed by atoms with Crippen molar-refractivity contribution in [2.75, 3.05) is 0 Å². The van der Waals surface area contributed by atoms with E-state index < -0.39 is 36.2 Å².